The Morgan fingerprint density at radius 1 is 0.900 bits per heavy atom. The number of nitrogens with zero attached hydrogens (tertiary/aromatic N) is 1. The van der Waals surface area contributed by atoms with Crippen LogP contribution in [0.4, 0.5) is 20.2 Å². The van der Waals surface area contributed by atoms with Crippen LogP contribution in [0.5, 0.6) is 0 Å². The summed E-state index contributed by atoms with van der Waals surface area (Å²) in [5, 5.41) is 3.44. The number of amides is 2. The number of anilines is 2. The Hall–Kier alpha value is -3.51. The summed E-state index contributed by atoms with van der Waals surface area (Å²) in [6.07, 6.45) is 0. The van der Waals surface area contributed by atoms with Gasteiger partial charge in [0.05, 0.1) is 11.3 Å². The quantitative estimate of drug-likeness (QED) is 0.576. The molecular weight excluding hydrogens is 410 g/mol. The van der Waals surface area contributed by atoms with E-state index < -0.39 is 23.4 Å². The van der Waals surface area contributed by atoms with E-state index in [1.165, 1.54) is 0 Å². The van der Waals surface area contributed by atoms with E-state index in [0.29, 0.717) is 27.2 Å². The molecule has 0 fully saturated rings. The first-order valence-electron chi connectivity index (χ1n) is 9.03. The Labute approximate surface area is 176 Å². The van der Waals surface area contributed by atoms with Crippen molar-refractivity contribution in [2.24, 2.45) is 0 Å². The van der Waals surface area contributed by atoms with Gasteiger partial charge in [0.15, 0.2) is 0 Å². The van der Waals surface area contributed by atoms with Gasteiger partial charge in [-0.3, -0.25) is 9.59 Å². The van der Waals surface area contributed by atoms with E-state index in [9.17, 15) is 18.4 Å². The zero-order chi connectivity index (χ0) is 21.4. The smallest absolute Gasteiger partial charge is 0.282 e. The highest BCUT2D eigenvalue weighted by Crippen LogP contribution is 2.35. The van der Waals surface area contributed by atoms with Crippen LogP contribution in [-0.4, -0.2) is 11.8 Å². The van der Waals surface area contributed by atoms with Crippen LogP contribution in [0.2, 0.25) is 5.02 Å². The van der Waals surface area contributed by atoms with Gasteiger partial charge in [0, 0.05) is 16.8 Å². The highest BCUT2D eigenvalue weighted by Gasteiger charge is 2.41. The molecule has 3 aromatic carbocycles. The van der Waals surface area contributed by atoms with Gasteiger partial charge in [-0.15, -0.1) is 0 Å². The molecule has 7 heteroatoms. The lowest BCUT2D eigenvalue weighted by Crippen LogP contribution is -2.33. The summed E-state index contributed by atoms with van der Waals surface area (Å²) in [7, 11) is 0. The number of imide groups is 1. The van der Waals surface area contributed by atoms with Crippen LogP contribution in [0.1, 0.15) is 11.1 Å². The van der Waals surface area contributed by atoms with Gasteiger partial charge in [-0.05, 0) is 42.3 Å². The van der Waals surface area contributed by atoms with Crippen LogP contribution in [0.15, 0.2) is 72.4 Å². The van der Waals surface area contributed by atoms with E-state index in [1.54, 1.807) is 48.5 Å². The molecule has 0 aliphatic carbocycles. The molecule has 0 atom stereocenters. The Morgan fingerprint density at radius 3 is 2.30 bits per heavy atom. The third-order valence-corrected chi connectivity index (χ3v) is 5.15. The predicted molar refractivity (Wildman–Crippen MR) is 112 cm³/mol. The summed E-state index contributed by atoms with van der Waals surface area (Å²) in [4.78, 5) is 27.1. The highest BCUT2D eigenvalue weighted by molar-refractivity contribution is 6.46. The molecule has 0 radical (unpaired) electrons. The lowest BCUT2D eigenvalue weighted by molar-refractivity contribution is -0.120. The highest BCUT2D eigenvalue weighted by atomic mass is 35.5. The Kier molecular flexibility index (Phi) is 5.10. The van der Waals surface area contributed by atoms with Gasteiger partial charge in [-0.1, -0.05) is 48.0 Å². The van der Waals surface area contributed by atoms with Crippen molar-refractivity contribution >= 4 is 40.4 Å². The number of nitrogens with one attached hydrogen (secondary N) is 1. The molecule has 30 heavy (non-hydrogen) atoms. The van der Waals surface area contributed by atoms with Gasteiger partial charge in [0.1, 0.15) is 17.3 Å². The van der Waals surface area contributed by atoms with Crippen LogP contribution in [0, 0.1) is 18.6 Å². The molecule has 0 unspecified atom stereocenters. The number of benzene rings is 3. The van der Waals surface area contributed by atoms with Crippen LogP contribution in [0.3, 0.4) is 0 Å². The molecule has 3 aromatic rings. The number of rotatable bonds is 4. The molecule has 0 aromatic heterocycles. The number of aryl methyl sites for hydroxylation is 1. The minimum Gasteiger partial charge on any atom is -0.350 e. The first-order chi connectivity index (χ1) is 14.4. The molecular formula is C23H15ClF2N2O2. The minimum absolute atomic E-state index is 0.0187. The van der Waals surface area contributed by atoms with Crippen LogP contribution in [0.25, 0.3) is 5.57 Å². The fraction of sp³-hybridized carbons (Fsp3) is 0.0435. The SMILES string of the molecule is Cc1ccc(NC2=C(c3ccccc3)C(=O)N(c3ccc(F)cc3F)C2=O)cc1Cl. The normalized spacial score (nSPS) is 13.9. The van der Waals surface area contributed by atoms with Crippen molar-refractivity contribution in [1.82, 2.24) is 0 Å². The third-order valence-electron chi connectivity index (χ3n) is 4.74. The van der Waals surface area contributed by atoms with Gasteiger partial charge < -0.3 is 5.32 Å². The maximum atomic E-state index is 14.4. The van der Waals surface area contributed by atoms with E-state index in [2.05, 4.69) is 5.32 Å². The van der Waals surface area contributed by atoms with Crippen molar-refractivity contribution in [1.29, 1.82) is 0 Å². The Morgan fingerprint density at radius 2 is 1.63 bits per heavy atom. The van der Waals surface area contributed by atoms with E-state index in [4.69, 9.17) is 11.6 Å². The molecule has 0 saturated carbocycles. The minimum atomic E-state index is -1.01. The zero-order valence-corrected chi connectivity index (χ0v) is 16.5. The second-order valence-corrected chi connectivity index (χ2v) is 7.15. The second-order valence-electron chi connectivity index (χ2n) is 6.75. The van der Waals surface area contributed by atoms with Crippen LogP contribution >= 0.6 is 11.6 Å². The molecule has 0 saturated heterocycles. The third kappa shape index (κ3) is 3.46. The van der Waals surface area contributed by atoms with Gasteiger partial charge in [0.25, 0.3) is 11.8 Å². The lowest BCUT2D eigenvalue weighted by atomic mass is 10.0. The fourth-order valence-corrected chi connectivity index (χ4v) is 3.40. The summed E-state index contributed by atoms with van der Waals surface area (Å²) >= 11 is 6.17. The number of hydrogen-bond donors (Lipinski definition) is 1. The zero-order valence-electron chi connectivity index (χ0n) is 15.7. The van der Waals surface area contributed by atoms with Crippen molar-refractivity contribution in [2.45, 2.75) is 6.92 Å². The van der Waals surface area contributed by atoms with Gasteiger partial charge in [0.2, 0.25) is 0 Å². The number of hydrogen-bond acceptors (Lipinski definition) is 3. The summed E-state index contributed by atoms with van der Waals surface area (Å²) in [5.74, 6) is -3.28. The van der Waals surface area contributed by atoms with Crippen molar-refractivity contribution < 1.29 is 18.4 Å². The van der Waals surface area contributed by atoms with E-state index in [-0.39, 0.29) is 17.0 Å². The predicted octanol–water partition coefficient (Wildman–Crippen LogP) is 5.32. The maximum Gasteiger partial charge on any atom is 0.282 e. The second kappa shape index (κ2) is 7.72. The van der Waals surface area contributed by atoms with Gasteiger partial charge >= 0.3 is 0 Å². The van der Waals surface area contributed by atoms with Crippen LogP contribution in [-0.2, 0) is 9.59 Å². The van der Waals surface area contributed by atoms with E-state index in [1.807, 2.05) is 6.92 Å². The first kappa shape index (κ1) is 19.8. The van der Waals surface area contributed by atoms with Gasteiger partial charge in [-0.25, -0.2) is 13.7 Å². The van der Waals surface area contributed by atoms with E-state index in [0.717, 1.165) is 17.7 Å². The van der Waals surface area contributed by atoms with Crippen molar-refractivity contribution in [3.8, 4) is 0 Å². The monoisotopic (exact) mass is 424 g/mol. The summed E-state index contributed by atoms with van der Waals surface area (Å²) in [6.45, 7) is 1.84. The molecule has 4 rings (SSSR count). The van der Waals surface area contributed by atoms with Crippen molar-refractivity contribution in [3.63, 3.8) is 0 Å². The van der Waals surface area contributed by atoms with Crippen molar-refractivity contribution in [2.75, 3.05) is 10.2 Å². The molecule has 1 aliphatic heterocycles. The summed E-state index contributed by atoms with van der Waals surface area (Å²) < 4.78 is 27.7. The molecule has 4 nitrogen and oxygen atoms in total. The average Bonchev–Trinajstić information content (AvgIpc) is 2.95. The van der Waals surface area contributed by atoms with Crippen LogP contribution < -0.4 is 10.2 Å². The molecule has 2 amide bonds. The average molecular weight is 425 g/mol. The molecule has 1 heterocycles. The Bertz CT molecular complexity index is 1210. The molecule has 1 N–H and O–H groups in total. The first-order valence-corrected chi connectivity index (χ1v) is 9.41. The molecule has 0 spiro atoms. The molecule has 150 valence electrons. The topological polar surface area (TPSA) is 49.4 Å². The summed E-state index contributed by atoms with van der Waals surface area (Å²) in [5.41, 5.74) is 1.58. The van der Waals surface area contributed by atoms with E-state index >= 15 is 0 Å². The van der Waals surface area contributed by atoms with Crippen molar-refractivity contribution in [3.05, 3.63) is 100 Å². The maximum absolute atomic E-state index is 14.4. The number of carbonyl (C=O) groups is 2. The molecule has 1 aliphatic rings. The lowest BCUT2D eigenvalue weighted by Gasteiger charge is -2.16. The number of carbonyl (C=O) groups excluding carboxylic acids is 2. The Balaban J connectivity index is 1.83. The number of halogens is 3. The summed E-state index contributed by atoms with van der Waals surface area (Å²) in [6, 6.07) is 16.4. The molecule has 0 bridgehead atoms. The standard InChI is InChI=1S/C23H15ClF2N2O2/c1-13-7-9-16(12-17(13)24)27-21-20(14-5-3-2-4-6-14)22(29)28(23(21)30)19-10-8-15(25)11-18(19)26/h2-12,27H,1H3. The van der Waals surface area contributed by atoms with Gasteiger partial charge in [-0.2, -0.15) is 0 Å². The largest absolute Gasteiger partial charge is 0.350 e. The fourth-order valence-electron chi connectivity index (χ4n) is 3.21.